The van der Waals surface area contributed by atoms with Gasteiger partial charge in [0, 0.05) is 17.7 Å². The first-order chi connectivity index (χ1) is 13.5. The van der Waals surface area contributed by atoms with Gasteiger partial charge in [-0.3, -0.25) is 0 Å². The normalized spacial score (nSPS) is 19.3. The molecule has 2 fully saturated rings. The Hall–Kier alpha value is -2.24. The Kier molecular flexibility index (Phi) is 7.18. The Balaban J connectivity index is 1.73. The highest BCUT2D eigenvalue weighted by Gasteiger charge is 2.27. The topological polar surface area (TPSA) is 52.6 Å². The largest absolute Gasteiger partial charge is 0.459 e. The van der Waals surface area contributed by atoms with Crippen molar-refractivity contribution in [3.05, 3.63) is 41.5 Å². The van der Waals surface area contributed by atoms with Gasteiger partial charge in [0.05, 0.1) is 0 Å². The van der Waals surface area contributed by atoms with Crippen LogP contribution in [-0.4, -0.2) is 18.0 Å². The lowest BCUT2D eigenvalue weighted by Crippen LogP contribution is -2.24. The summed E-state index contributed by atoms with van der Waals surface area (Å²) in [6.07, 6.45) is 10.7. The number of ether oxygens (including phenoxy) is 2. The van der Waals surface area contributed by atoms with Crippen molar-refractivity contribution in [2.45, 2.75) is 70.3 Å². The first-order valence-corrected chi connectivity index (χ1v) is 10.1. The van der Waals surface area contributed by atoms with Gasteiger partial charge in [-0.15, -0.1) is 0 Å². The molecular formula is C22H26F2O4. The van der Waals surface area contributed by atoms with E-state index in [-0.39, 0.29) is 23.3 Å². The molecule has 1 aromatic carbocycles. The van der Waals surface area contributed by atoms with E-state index in [0.717, 1.165) is 76.3 Å². The van der Waals surface area contributed by atoms with Crippen LogP contribution in [0.3, 0.4) is 0 Å². The fourth-order valence-electron chi connectivity index (χ4n) is 3.97. The zero-order valence-electron chi connectivity index (χ0n) is 15.9. The van der Waals surface area contributed by atoms with Gasteiger partial charge in [-0.1, -0.05) is 25.7 Å². The Morgan fingerprint density at radius 3 is 2.18 bits per heavy atom. The molecule has 152 valence electrons. The third kappa shape index (κ3) is 5.63. The van der Waals surface area contributed by atoms with Crippen LogP contribution in [0.25, 0.3) is 0 Å². The second-order valence-corrected chi connectivity index (χ2v) is 7.60. The third-order valence-corrected chi connectivity index (χ3v) is 5.49. The first kappa shape index (κ1) is 20.5. The van der Waals surface area contributed by atoms with Crippen LogP contribution >= 0.6 is 0 Å². The number of hydrogen-bond acceptors (Lipinski definition) is 4. The maximum absolute atomic E-state index is 13.4. The zero-order chi connectivity index (χ0) is 19.9. The molecule has 0 heterocycles. The fourth-order valence-corrected chi connectivity index (χ4v) is 3.97. The number of carbonyl (C=O) groups is 2. The van der Waals surface area contributed by atoms with Crippen LogP contribution in [0.2, 0.25) is 0 Å². The number of rotatable bonds is 5. The summed E-state index contributed by atoms with van der Waals surface area (Å²) in [5.41, 5.74) is 0.255. The predicted octanol–water partition coefficient (Wildman–Crippen LogP) is 5.25. The summed E-state index contributed by atoms with van der Waals surface area (Å²) in [4.78, 5) is 25.1. The second-order valence-electron chi connectivity index (χ2n) is 7.60. The van der Waals surface area contributed by atoms with Gasteiger partial charge in [0.15, 0.2) is 11.6 Å². The van der Waals surface area contributed by atoms with Gasteiger partial charge in [-0.05, 0) is 56.6 Å². The van der Waals surface area contributed by atoms with Crippen molar-refractivity contribution in [2.75, 3.05) is 0 Å². The van der Waals surface area contributed by atoms with E-state index < -0.39 is 23.6 Å². The summed E-state index contributed by atoms with van der Waals surface area (Å²) in [6, 6.07) is 2.92. The van der Waals surface area contributed by atoms with Crippen molar-refractivity contribution >= 4 is 11.9 Å². The average Bonchev–Trinajstić information content (AvgIpc) is 2.70. The highest BCUT2D eigenvalue weighted by Crippen LogP contribution is 2.31. The van der Waals surface area contributed by atoms with Crippen molar-refractivity contribution in [3.63, 3.8) is 0 Å². The van der Waals surface area contributed by atoms with Gasteiger partial charge in [-0.25, -0.2) is 18.4 Å². The summed E-state index contributed by atoms with van der Waals surface area (Å²) in [7, 11) is 0. The molecule has 0 aromatic heterocycles. The fraction of sp³-hybridized carbons (Fsp3) is 0.545. The van der Waals surface area contributed by atoms with E-state index in [9.17, 15) is 18.4 Å². The summed E-state index contributed by atoms with van der Waals surface area (Å²) in [5, 5.41) is 0. The lowest BCUT2D eigenvalue weighted by Gasteiger charge is -2.24. The minimum atomic E-state index is -1.09. The van der Waals surface area contributed by atoms with Gasteiger partial charge >= 0.3 is 11.9 Å². The molecule has 0 atom stereocenters. The standard InChI is InChI=1S/C22H26F2O4/c23-19-12-11-17(13-20(19)24)28-22(26)18(15-7-3-1-4-8-15)14-21(25)27-16-9-5-2-6-10-16/h11-16H,1-10H2/b18-14-. The molecule has 0 unspecified atom stereocenters. The molecule has 4 nitrogen and oxygen atoms in total. The highest BCUT2D eigenvalue weighted by molar-refractivity contribution is 5.97. The lowest BCUT2D eigenvalue weighted by molar-refractivity contribution is -0.145. The van der Waals surface area contributed by atoms with Gasteiger partial charge in [0.2, 0.25) is 0 Å². The minimum Gasteiger partial charge on any atom is -0.459 e. The van der Waals surface area contributed by atoms with Crippen molar-refractivity contribution in [2.24, 2.45) is 5.92 Å². The van der Waals surface area contributed by atoms with Gasteiger partial charge in [0.1, 0.15) is 11.9 Å². The molecule has 6 heteroatoms. The number of carbonyl (C=O) groups excluding carboxylic acids is 2. The Morgan fingerprint density at radius 2 is 1.54 bits per heavy atom. The molecule has 0 radical (unpaired) electrons. The summed E-state index contributed by atoms with van der Waals surface area (Å²) < 4.78 is 37.2. The molecular weight excluding hydrogens is 366 g/mol. The van der Waals surface area contributed by atoms with Crippen molar-refractivity contribution < 1.29 is 27.8 Å². The monoisotopic (exact) mass is 392 g/mol. The number of benzene rings is 1. The highest BCUT2D eigenvalue weighted by atomic mass is 19.2. The average molecular weight is 392 g/mol. The van der Waals surface area contributed by atoms with Gasteiger partial charge in [0.25, 0.3) is 0 Å². The Bertz CT molecular complexity index is 732. The van der Waals surface area contributed by atoms with E-state index in [2.05, 4.69) is 0 Å². The van der Waals surface area contributed by atoms with E-state index in [1.54, 1.807) is 0 Å². The molecule has 0 N–H and O–H groups in total. The van der Waals surface area contributed by atoms with Crippen LogP contribution in [0.15, 0.2) is 29.8 Å². The van der Waals surface area contributed by atoms with E-state index in [1.807, 2.05) is 0 Å². The SMILES string of the molecule is O=C(/C=C(\C(=O)Oc1ccc(F)c(F)c1)C1CCCCC1)OC1CCCCC1. The number of hydrogen-bond donors (Lipinski definition) is 0. The van der Waals surface area contributed by atoms with Gasteiger partial charge in [-0.2, -0.15) is 0 Å². The van der Waals surface area contributed by atoms with Crippen LogP contribution in [0.5, 0.6) is 5.75 Å². The maximum atomic E-state index is 13.4. The van der Waals surface area contributed by atoms with Crippen LogP contribution in [0, 0.1) is 17.6 Å². The Labute approximate surface area is 163 Å². The summed E-state index contributed by atoms with van der Waals surface area (Å²) in [6.45, 7) is 0. The van der Waals surface area contributed by atoms with E-state index in [0.29, 0.717) is 0 Å². The van der Waals surface area contributed by atoms with Crippen LogP contribution in [0.4, 0.5) is 8.78 Å². The van der Waals surface area contributed by atoms with Crippen molar-refractivity contribution in [1.29, 1.82) is 0 Å². The molecule has 0 spiro atoms. The van der Waals surface area contributed by atoms with Crippen molar-refractivity contribution in [1.82, 2.24) is 0 Å². The Morgan fingerprint density at radius 1 is 0.893 bits per heavy atom. The minimum absolute atomic E-state index is 0.0914. The van der Waals surface area contributed by atoms with Crippen LogP contribution < -0.4 is 4.74 Å². The molecule has 0 aliphatic heterocycles. The van der Waals surface area contributed by atoms with E-state index in [4.69, 9.17) is 9.47 Å². The number of halogens is 2. The van der Waals surface area contributed by atoms with E-state index in [1.165, 1.54) is 12.1 Å². The quantitative estimate of drug-likeness (QED) is 0.390. The molecule has 0 bridgehead atoms. The molecule has 28 heavy (non-hydrogen) atoms. The number of esters is 2. The molecule has 3 rings (SSSR count). The van der Waals surface area contributed by atoms with Crippen LogP contribution in [-0.2, 0) is 14.3 Å². The molecule has 2 aliphatic rings. The smallest absolute Gasteiger partial charge is 0.339 e. The van der Waals surface area contributed by atoms with Gasteiger partial charge < -0.3 is 9.47 Å². The third-order valence-electron chi connectivity index (χ3n) is 5.49. The summed E-state index contributed by atoms with van der Waals surface area (Å²) in [5.74, 6) is -3.53. The molecule has 2 aliphatic carbocycles. The predicted molar refractivity (Wildman–Crippen MR) is 99.6 cm³/mol. The molecule has 1 aromatic rings. The molecule has 0 amide bonds. The molecule has 0 saturated heterocycles. The first-order valence-electron chi connectivity index (χ1n) is 10.1. The van der Waals surface area contributed by atoms with Crippen molar-refractivity contribution in [3.8, 4) is 5.75 Å². The lowest BCUT2D eigenvalue weighted by atomic mass is 9.83. The van der Waals surface area contributed by atoms with Crippen LogP contribution in [0.1, 0.15) is 64.2 Å². The molecule has 2 saturated carbocycles. The maximum Gasteiger partial charge on any atom is 0.339 e. The second kappa shape index (κ2) is 9.80. The zero-order valence-corrected chi connectivity index (χ0v) is 15.9. The summed E-state index contributed by atoms with van der Waals surface area (Å²) >= 11 is 0. The van der Waals surface area contributed by atoms with E-state index >= 15 is 0 Å².